The van der Waals surface area contributed by atoms with Crippen molar-refractivity contribution in [2.24, 2.45) is 0 Å². The number of methoxy groups -OCH3 is 1. The van der Waals surface area contributed by atoms with Gasteiger partial charge < -0.3 is 15.0 Å². The van der Waals surface area contributed by atoms with Crippen molar-refractivity contribution in [1.82, 2.24) is 25.4 Å². The number of aryl methyl sites for hydroxylation is 1. The first-order valence-electron chi connectivity index (χ1n) is 12.1. The van der Waals surface area contributed by atoms with Gasteiger partial charge in [0.05, 0.1) is 41.2 Å². The van der Waals surface area contributed by atoms with Crippen molar-refractivity contribution >= 4 is 29.4 Å². The van der Waals surface area contributed by atoms with Gasteiger partial charge in [-0.25, -0.2) is 4.79 Å². The fourth-order valence-electron chi connectivity index (χ4n) is 4.35. The maximum Gasteiger partial charge on any atom is 0.417 e. The van der Waals surface area contributed by atoms with Crippen LogP contribution in [0.4, 0.5) is 13.2 Å². The Morgan fingerprint density at radius 1 is 1.21 bits per heavy atom. The van der Waals surface area contributed by atoms with Crippen LogP contribution in [0.25, 0.3) is 0 Å². The van der Waals surface area contributed by atoms with Gasteiger partial charge in [0, 0.05) is 37.7 Å². The minimum Gasteiger partial charge on any atom is -0.465 e. The lowest BCUT2D eigenvalue weighted by Gasteiger charge is -2.27. The molecule has 1 aliphatic rings. The molecule has 1 aromatic carbocycles. The summed E-state index contributed by atoms with van der Waals surface area (Å²) in [5.74, 6) is -1.00. The third-order valence-corrected chi connectivity index (χ3v) is 6.75. The van der Waals surface area contributed by atoms with Gasteiger partial charge in [-0.05, 0) is 30.5 Å². The predicted octanol–water partition coefficient (Wildman–Crippen LogP) is 3.75. The molecule has 2 N–H and O–H groups in total. The van der Waals surface area contributed by atoms with Gasteiger partial charge in [-0.1, -0.05) is 29.8 Å². The number of pyridine rings is 1. The monoisotopic (exact) mass is 563 g/mol. The lowest BCUT2D eigenvalue weighted by molar-refractivity contribution is -0.137. The number of esters is 1. The number of carbonyl (C=O) groups is 3. The van der Waals surface area contributed by atoms with E-state index < -0.39 is 23.6 Å². The van der Waals surface area contributed by atoms with E-state index in [2.05, 4.69) is 20.5 Å². The number of nitrogens with one attached hydrogen (secondary N) is 2. The number of rotatable bonds is 8. The smallest absolute Gasteiger partial charge is 0.417 e. The van der Waals surface area contributed by atoms with E-state index in [1.807, 2.05) is 0 Å². The highest BCUT2D eigenvalue weighted by Gasteiger charge is 2.32. The number of hydrogen-bond acceptors (Lipinski definition) is 6. The second kappa shape index (κ2) is 11.9. The number of alkyl halides is 3. The molecule has 9 nitrogen and oxygen atoms in total. The van der Waals surface area contributed by atoms with Crippen LogP contribution in [0.1, 0.15) is 55.3 Å². The summed E-state index contributed by atoms with van der Waals surface area (Å²) in [5.41, 5.74) is 2.01. The van der Waals surface area contributed by atoms with E-state index in [-0.39, 0.29) is 48.2 Å². The third kappa shape index (κ3) is 6.56. The maximum atomic E-state index is 12.9. The number of carbonyl (C=O) groups excluding carboxylic acids is 3. The van der Waals surface area contributed by atoms with Crippen LogP contribution in [0.5, 0.6) is 0 Å². The van der Waals surface area contributed by atoms with Crippen molar-refractivity contribution in [2.75, 3.05) is 20.2 Å². The van der Waals surface area contributed by atoms with Crippen molar-refractivity contribution in [3.63, 3.8) is 0 Å². The van der Waals surface area contributed by atoms with Crippen molar-refractivity contribution in [3.8, 4) is 0 Å². The summed E-state index contributed by atoms with van der Waals surface area (Å²) in [7, 11) is 1.31. The average Bonchev–Trinajstić information content (AvgIpc) is 3.35. The van der Waals surface area contributed by atoms with Gasteiger partial charge in [0.2, 0.25) is 5.91 Å². The molecule has 0 spiro atoms. The van der Waals surface area contributed by atoms with E-state index in [1.54, 1.807) is 29.2 Å². The Kier molecular flexibility index (Phi) is 8.54. The molecule has 2 amide bonds. The molecule has 0 bridgehead atoms. The topological polar surface area (TPSA) is 117 Å². The molecule has 39 heavy (non-hydrogen) atoms. The lowest BCUT2D eigenvalue weighted by atomic mass is 10.0. The number of halogens is 4. The summed E-state index contributed by atoms with van der Waals surface area (Å²) in [5, 5.41) is 9.50. The Labute approximate surface area is 226 Å². The Balaban J connectivity index is 1.31. The average molecular weight is 564 g/mol. The number of ether oxygens (including phenoxy) is 1. The van der Waals surface area contributed by atoms with Crippen LogP contribution in [0, 0.1) is 0 Å². The number of benzene rings is 1. The summed E-state index contributed by atoms with van der Waals surface area (Å²) in [4.78, 5) is 43.0. The van der Waals surface area contributed by atoms with Crippen LogP contribution in [0.3, 0.4) is 0 Å². The summed E-state index contributed by atoms with van der Waals surface area (Å²) in [6.45, 7) is 0.754. The van der Waals surface area contributed by atoms with E-state index in [4.69, 9.17) is 16.3 Å². The van der Waals surface area contributed by atoms with Gasteiger partial charge >= 0.3 is 12.1 Å². The summed E-state index contributed by atoms with van der Waals surface area (Å²) in [6, 6.07) is 7.78. The number of amides is 2. The highest BCUT2D eigenvalue weighted by Crippen LogP contribution is 2.31. The summed E-state index contributed by atoms with van der Waals surface area (Å²) < 4.78 is 43.1. The Morgan fingerprint density at radius 2 is 1.97 bits per heavy atom. The fraction of sp³-hybridized carbons (Fsp3) is 0.346. The standard InChI is InChI=1S/C26H25ClF3N5O4/c1-39-25(38)17-5-3-2-4-15(17)6-7-22(36)35-11-9-18-21(14-35)33-34-23(18)24(37)31-10-8-20-19(27)12-16(13-32-20)26(28,29)30/h2-5,12-13H,6-11,14H2,1H3,(H,31,37)(H,33,34). The van der Waals surface area contributed by atoms with Gasteiger partial charge in [-0.2, -0.15) is 18.3 Å². The molecule has 0 aliphatic carbocycles. The SMILES string of the molecule is COC(=O)c1ccccc1CCC(=O)N1CCc2c(C(=O)NCCc3ncc(C(F)(F)F)cc3Cl)n[nH]c2C1. The molecule has 2 aromatic heterocycles. The Hall–Kier alpha value is -3.93. The van der Waals surface area contributed by atoms with Crippen LogP contribution >= 0.6 is 11.6 Å². The van der Waals surface area contributed by atoms with Crippen LogP contribution in [-0.4, -0.2) is 58.1 Å². The molecule has 3 heterocycles. The van der Waals surface area contributed by atoms with Crippen molar-refractivity contribution in [1.29, 1.82) is 0 Å². The van der Waals surface area contributed by atoms with Gasteiger partial charge in [0.15, 0.2) is 5.69 Å². The number of aromatic nitrogens is 3. The second-order valence-electron chi connectivity index (χ2n) is 8.90. The maximum absolute atomic E-state index is 12.9. The number of H-pyrrole nitrogens is 1. The first-order chi connectivity index (χ1) is 18.6. The zero-order chi connectivity index (χ0) is 28.2. The highest BCUT2D eigenvalue weighted by molar-refractivity contribution is 6.31. The van der Waals surface area contributed by atoms with Crippen molar-refractivity contribution in [3.05, 3.63) is 80.9 Å². The third-order valence-electron chi connectivity index (χ3n) is 6.42. The van der Waals surface area contributed by atoms with Crippen LogP contribution in [-0.2, 0) is 41.5 Å². The molecule has 0 radical (unpaired) electrons. The molecule has 0 atom stereocenters. The van der Waals surface area contributed by atoms with Crippen molar-refractivity contribution in [2.45, 2.75) is 38.4 Å². The van der Waals surface area contributed by atoms with E-state index in [0.29, 0.717) is 42.4 Å². The van der Waals surface area contributed by atoms with Crippen LogP contribution in [0.2, 0.25) is 5.02 Å². The molecular weight excluding hydrogens is 539 g/mol. The lowest BCUT2D eigenvalue weighted by Crippen LogP contribution is -2.36. The zero-order valence-electron chi connectivity index (χ0n) is 20.9. The number of fused-ring (bicyclic) bond motifs is 1. The molecular formula is C26H25ClF3N5O4. The minimum atomic E-state index is -4.54. The first-order valence-corrected chi connectivity index (χ1v) is 12.5. The van der Waals surface area contributed by atoms with E-state index in [9.17, 15) is 27.6 Å². The van der Waals surface area contributed by atoms with E-state index >= 15 is 0 Å². The largest absolute Gasteiger partial charge is 0.465 e. The predicted molar refractivity (Wildman–Crippen MR) is 134 cm³/mol. The second-order valence-corrected chi connectivity index (χ2v) is 9.31. The number of hydrogen-bond donors (Lipinski definition) is 2. The minimum absolute atomic E-state index is 0.0935. The van der Waals surface area contributed by atoms with Gasteiger partial charge in [0.1, 0.15) is 0 Å². The van der Waals surface area contributed by atoms with Crippen molar-refractivity contribution < 1.29 is 32.3 Å². The van der Waals surface area contributed by atoms with Gasteiger partial charge in [-0.3, -0.25) is 19.7 Å². The highest BCUT2D eigenvalue weighted by atomic mass is 35.5. The van der Waals surface area contributed by atoms with Crippen LogP contribution in [0.15, 0.2) is 36.5 Å². The fourth-order valence-corrected chi connectivity index (χ4v) is 4.61. The number of nitrogens with zero attached hydrogens (tertiary/aromatic N) is 3. The molecule has 4 rings (SSSR count). The number of aromatic amines is 1. The molecule has 13 heteroatoms. The van der Waals surface area contributed by atoms with E-state index in [1.165, 1.54) is 7.11 Å². The molecule has 0 saturated heterocycles. The molecule has 0 saturated carbocycles. The Bertz CT molecular complexity index is 1390. The molecule has 0 fully saturated rings. The summed E-state index contributed by atoms with van der Waals surface area (Å²) in [6.07, 6.45) is -2.70. The normalized spacial score (nSPS) is 13.1. The molecule has 206 valence electrons. The molecule has 1 aliphatic heterocycles. The zero-order valence-corrected chi connectivity index (χ0v) is 21.7. The van der Waals surface area contributed by atoms with E-state index in [0.717, 1.165) is 11.6 Å². The first kappa shape index (κ1) is 28.1. The molecule has 0 unspecified atom stereocenters. The van der Waals surface area contributed by atoms with Gasteiger partial charge in [0.25, 0.3) is 5.91 Å². The molecule has 3 aromatic rings. The Morgan fingerprint density at radius 3 is 2.69 bits per heavy atom. The summed E-state index contributed by atoms with van der Waals surface area (Å²) >= 11 is 5.92. The van der Waals surface area contributed by atoms with Gasteiger partial charge in [-0.15, -0.1) is 0 Å². The van der Waals surface area contributed by atoms with Crippen LogP contribution < -0.4 is 5.32 Å². The quantitative estimate of drug-likeness (QED) is 0.403.